The van der Waals surface area contributed by atoms with E-state index in [2.05, 4.69) is 15.9 Å². The van der Waals surface area contributed by atoms with Crippen LogP contribution in [0.15, 0.2) is 14.7 Å². The first-order valence-corrected chi connectivity index (χ1v) is 8.58. The van der Waals surface area contributed by atoms with E-state index < -0.39 is 16.0 Å². The molecular formula is C10H12BrNO5S2. The largest absolute Gasteiger partial charge is 0.477 e. The van der Waals surface area contributed by atoms with Gasteiger partial charge in [-0.15, -0.1) is 11.3 Å². The minimum atomic E-state index is -3.77. The maximum atomic E-state index is 12.5. The van der Waals surface area contributed by atoms with Gasteiger partial charge in [0.15, 0.2) is 0 Å². The van der Waals surface area contributed by atoms with Crippen LogP contribution in [0.1, 0.15) is 22.5 Å². The van der Waals surface area contributed by atoms with Gasteiger partial charge in [-0.2, -0.15) is 4.31 Å². The highest BCUT2D eigenvalue weighted by Crippen LogP contribution is 2.37. The minimum absolute atomic E-state index is 0.0255. The van der Waals surface area contributed by atoms with Crippen molar-refractivity contribution in [1.82, 2.24) is 4.31 Å². The van der Waals surface area contributed by atoms with E-state index in [1.807, 2.05) is 0 Å². The molecule has 0 unspecified atom stereocenters. The molecule has 2 rings (SSSR count). The van der Waals surface area contributed by atoms with Gasteiger partial charge in [-0.05, 0) is 34.8 Å². The van der Waals surface area contributed by atoms with Gasteiger partial charge < -0.3 is 10.2 Å². The molecule has 1 saturated carbocycles. The van der Waals surface area contributed by atoms with Crippen molar-refractivity contribution < 1.29 is 23.4 Å². The first kappa shape index (κ1) is 14.9. The van der Waals surface area contributed by atoms with E-state index in [1.54, 1.807) is 0 Å². The van der Waals surface area contributed by atoms with Gasteiger partial charge in [0, 0.05) is 12.6 Å². The van der Waals surface area contributed by atoms with Crippen LogP contribution < -0.4 is 0 Å². The van der Waals surface area contributed by atoms with Crippen LogP contribution in [0, 0.1) is 0 Å². The molecule has 0 bridgehead atoms. The lowest BCUT2D eigenvalue weighted by Gasteiger charge is -2.20. The van der Waals surface area contributed by atoms with Crippen LogP contribution in [-0.4, -0.2) is 48.1 Å². The highest BCUT2D eigenvalue weighted by atomic mass is 79.9. The van der Waals surface area contributed by atoms with Crippen LogP contribution in [0.3, 0.4) is 0 Å². The minimum Gasteiger partial charge on any atom is -0.477 e. The maximum absolute atomic E-state index is 12.5. The van der Waals surface area contributed by atoms with Gasteiger partial charge in [0.25, 0.3) is 0 Å². The third-order valence-corrected chi connectivity index (χ3v) is 6.92. The molecular weight excluding hydrogens is 358 g/mol. The maximum Gasteiger partial charge on any atom is 0.345 e. The lowest BCUT2D eigenvalue weighted by Crippen LogP contribution is -2.35. The van der Waals surface area contributed by atoms with Crippen molar-refractivity contribution >= 4 is 43.3 Å². The van der Waals surface area contributed by atoms with Gasteiger partial charge in [0.05, 0.1) is 10.4 Å². The van der Waals surface area contributed by atoms with Crippen LogP contribution in [0.4, 0.5) is 0 Å². The van der Waals surface area contributed by atoms with Crippen molar-refractivity contribution in [2.45, 2.75) is 23.8 Å². The number of halogens is 1. The van der Waals surface area contributed by atoms with Crippen molar-refractivity contribution in [3.05, 3.63) is 14.7 Å². The average Bonchev–Trinajstić information content (AvgIpc) is 3.07. The van der Waals surface area contributed by atoms with E-state index in [0.717, 1.165) is 30.2 Å². The summed E-state index contributed by atoms with van der Waals surface area (Å²) in [6.07, 6.45) is 1.54. The number of carbonyl (C=O) groups is 1. The fourth-order valence-corrected chi connectivity index (χ4v) is 5.75. The van der Waals surface area contributed by atoms with Crippen LogP contribution >= 0.6 is 27.3 Å². The van der Waals surface area contributed by atoms with Crippen LogP contribution in [0.5, 0.6) is 0 Å². The van der Waals surface area contributed by atoms with Crippen LogP contribution in [0.2, 0.25) is 0 Å². The summed E-state index contributed by atoms with van der Waals surface area (Å²) in [5, 5.41) is 17.9. The number of carboxylic acid groups (broad SMARTS) is 1. The average molecular weight is 370 g/mol. The second kappa shape index (κ2) is 5.49. The number of hydrogen-bond acceptors (Lipinski definition) is 5. The lowest BCUT2D eigenvalue weighted by molar-refractivity contribution is 0.0702. The Bertz CT molecular complexity index is 593. The molecule has 0 saturated heterocycles. The van der Waals surface area contributed by atoms with E-state index in [1.165, 1.54) is 4.31 Å². The van der Waals surface area contributed by atoms with E-state index in [-0.39, 0.29) is 32.8 Å². The zero-order valence-electron chi connectivity index (χ0n) is 9.74. The van der Waals surface area contributed by atoms with E-state index in [9.17, 15) is 13.2 Å². The highest BCUT2D eigenvalue weighted by Gasteiger charge is 2.39. The summed E-state index contributed by atoms with van der Waals surface area (Å²) in [6.45, 7) is -0.235. The molecule has 0 spiro atoms. The van der Waals surface area contributed by atoms with Crippen molar-refractivity contribution in [1.29, 1.82) is 0 Å². The monoisotopic (exact) mass is 369 g/mol. The van der Waals surface area contributed by atoms with Crippen LogP contribution in [0.25, 0.3) is 0 Å². The standard InChI is InChI=1S/C10H12BrNO5S2/c11-9-8(5-7(18-9)10(14)15)19(16,17)12(3-4-13)6-1-2-6/h5-6,13H,1-4H2,(H,14,15). The number of nitrogens with zero attached hydrogens (tertiary/aromatic N) is 1. The van der Waals surface area contributed by atoms with Gasteiger partial charge in [-0.1, -0.05) is 0 Å². The third kappa shape index (κ3) is 3.00. The molecule has 1 heterocycles. The van der Waals surface area contributed by atoms with Crippen molar-refractivity contribution in [3.8, 4) is 0 Å². The molecule has 1 fully saturated rings. The van der Waals surface area contributed by atoms with Crippen molar-refractivity contribution in [2.24, 2.45) is 0 Å². The molecule has 0 radical (unpaired) electrons. The number of aromatic carboxylic acids is 1. The normalized spacial score (nSPS) is 15.9. The Morgan fingerprint density at radius 3 is 2.58 bits per heavy atom. The molecule has 106 valence electrons. The Morgan fingerprint density at radius 1 is 1.53 bits per heavy atom. The van der Waals surface area contributed by atoms with Crippen molar-refractivity contribution in [3.63, 3.8) is 0 Å². The van der Waals surface area contributed by atoms with Gasteiger partial charge in [-0.3, -0.25) is 0 Å². The van der Waals surface area contributed by atoms with E-state index >= 15 is 0 Å². The quantitative estimate of drug-likeness (QED) is 0.788. The van der Waals surface area contributed by atoms with Gasteiger partial charge >= 0.3 is 5.97 Å². The van der Waals surface area contributed by atoms with E-state index in [4.69, 9.17) is 10.2 Å². The molecule has 1 aliphatic carbocycles. The lowest BCUT2D eigenvalue weighted by atomic mass is 10.5. The molecule has 9 heteroatoms. The fourth-order valence-electron chi connectivity index (χ4n) is 1.72. The Morgan fingerprint density at radius 2 is 2.16 bits per heavy atom. The number of thiophene rings is 1. The molecule has 1 aromatic heterocycles. The summed E-state index contributed by atoms with van der Waals surface area (Å²) >= 11 is 3.96. The number of aliphatic hydroxyl groups excluding tert-OH is 1. The number of hydrogen-bond donors (Lipinski definition) is 2. The number of sulfonamides is 1. The van der Waals surface area contributed by atoms with Gasteiger partial charge in [-0.25, -0.2) is 13.2 Å². The molecule has 1 aliphatic rings. The van der Waals surface area contributed by atoms with Gasteiger partial charge in [0.1, 0.15) is 9.77 Å². The smallest absolute Gasteiger partial charge is 0.345 e. The molecule has 2 N–H and O–H groups in total. The zero-order chi connectivity index (χ0) is 14.2. The molecule has 0 atom stereocenters. The Hall–Kier alpha value is -0.480. The second-order valence-corrected chi connectivity index (χ2v) is 8.35. The molecule has 6 nitrogen and oxygen atoms in total. The molecule has 0 aliphatic heterocycles. The highest BCUT2D eigenvalue weighted by molar-refractivity contribution is 9.11. The third-order valence-electron chi connectivity index (χ3n) is 2.73. The molecule has 0 amide bonds. The summed E-state index contributed by atoms with van der Waals surface area (Å²) < 4.78 is 26.4. The predicted molar refractivity (Wildman–Crippen MR) is 73.0 cm³/mol. The summed E-state index contributed by atoms with van der Waals surface area (Å²) in [5.41, 5.74) is 0. The Kier molecular flexibility index (Phi) is 4.31. The predicted octanol–water partition coefficient (Wildman–Crippen LogP) is 1.35. The summed E-state index contributed by atoms with van der Waals surface area (Å²) in [7, 11) is -3.77. The first-order chi connectivity index (χ1) is 8.87. The first-order valence-electron chi connectivity index (χ1n) is 5.53. The molecule has 0 aromatic carbocycles. The number of carboxylic acids is 1. The Balaban J connectivity index is 2.40. The summed E-state index contributed by atoms with van der Waals surface area (Å²) in [4.78, 5) is 10.8. The zero-order valence-corrected chi connectivity index (χ0v) is 13.0. The summed E-state index contributed by atoms with van der Waals surface area (Å²) in [6, 6.07) is 1.07. The second-order valence-electron chi connectivity index (χ2n) is 4.12. The topological polar surface area (TPSA) is 94.9 Å². The molecule has 1 aromatic rings. The summed E-state index contributed by atoms with van der Waals surface area (Å²) in [5.74, 6) is -1.16. The van der Waals surface area contributed by atoms with Crippen molar-refractivity contribution in [2.75, 3.05) is 13.2 Å². The Labute approximate surface area is 122 Å². The molecule has 19 heavy (non-hydrogen) atoms. The fraction of sp³-hybridized carbons (Fsp3) is 0.500. The number of aliphatic hydroxyl groups is 1. The number of rotatable bonds is 6. The van der Waals surface area contributed by atoms with E-state index in [0.29, 0.717) is 0 Å². The van der Waals surface area contributed by atoms with Gasteiger partial charge in [0.2, 0.25) is 10.0 Å². The van der Waals surface area contributed by atoms with Crippen LogP contribution in [-0.2, 0) is 10.0 Å². The SMILES string of the molecule is O=C(O)c1cc(S(=O)(=O)N(CCO)C2CC2)c(Br)s1.